The van der Waals surface area contributed by atoms with E-state index in [-0.39, 0.29) is 10.9 Å². The van der Waals surface area contributed by atoms with Crippen molar-refractivity contribution in [2.24, 2.45) is 0 Å². The number of carboxylic acid groups (broad SMARTS) is 1. The largest absolute Gasteiger partial charge is 0.474 e. The van der Waals surface area contributed by atoms with Gasteiger partial charge < -0.3 is 16.2 Å². The number of carbonyl (C=O) groups excluding carboxylic acids is 1. The first-order valence-electron chi connectivity index (χ1n) is 2.85. The van der Waals surface area contributed by atoms with Crippen molar-refractivity contribution in [2.45, 2.75) is 0 Å². The Balaban J connectivity index is 2.64. The van der Waals surface area contributed by atoms with Crippen LogP contribution in [0.15, 0.2) is 5.38 Å². The fourth-order valence-electron chi connectivity index (χ4n) is 0.515. The molecule has 0 aliphatic carbocycles. The topological polar surface area (TPSA) is 105 Å². The molecular weight excluding hydrogens is 182 g/mol. The first-order chi connectivity index (χ1) is 5.59. The number of amides is 1. The zero-order chi connectivity index (χ0) is 9.14. The Bertz CT molecular complexity index is 321. The van der Waals surface area contributed by atoms with Crippen LogP contribution in [0, 0.1) is 0 Å². The van der Waals surface area contributed by atoms with Crippen molar-refractivity contribution in [2.75, 3.05) is 11.1 Å². The lowest BCUT2D eigenvalue weighted by Crippen LogP contribution is -2.21. The second kappa shape index (κ2) is 3.18. The van der Waals surface area contributed by atoms with Crippen LogP contribution < -0.4 is 11.1 Å². The molecule has 1 amide bonds. The summed E-state index contributed by atoms with van der Waals surface area (Å²) >= 11 is 1.12. The minimum atomic E-state index is -1.55. The van der Waals surface area contributed by atoms with Gasteiger partial charge in [-0.1, -0.05) is 0 Å². The fourth-order valence-corrected chi connectivity index (χ4v) is 1.01. The molecule has 0 fully saturated rings. The summed E-state index contributed by atoms with van der Waals surface area (Å²) in [5.74, 6) is -2.52. The molecule has 0 saturated heterocycles. The van der Waals surface area contributed by atoms with Gasteiger partial charge in [0.25, 0.3) is 0 Å². The predicted octanol–water partition coefficient (Wildman–Crippen LogP) is -0.252. The number of carbonyl (C=O) groups is 2. The van der Waals surface area contributed by atoms with E-state index in [1.807, 2.05) is 5.32 Å². The normalized spacial score (nSPS) is 9.33. The summed E-state index contributed by atoms with van der Waals surface area (Å²) < 4.78 is 0. The van der Waals surface area contributed by atoms with Crippen LogP contribution in [-0.2, 0) is 9.59 Å². The lowest BCUT2D eigenvalue weighted by atomic mass is 10.6. The highest BCUT2D eigenvalue weighted by atomic mass is 32.1. The number of carboxylic acids is 1. The molecule has 12 heavy (non-hydrogen) atoms. The average molecular weight is 187 g/mol. The Labute approximate surface area is 71.0 Å². The van der Waals surface area contributed by atoms with Crippen LogP contribution >= 0.6 is 11.3 Å². The molecule has 0 radical (unpaired) electrons. The van der Waals surface area contributed by atoms with Gasteiger partial charge in [-0.2, -0.15) is 0 Å². The van der Waals surface area contributed by atoms with Crippen LogP contribution in [-0.4, -0.2) is 22.0 Å². The minimum absolute atomic E-state index is 0.157. The Morgan fingerprint density at radius 2 is 2.33 bits per heavy atom. The molecule has 7 heteroatoms. The maximum atomic E-state index is 10.5. The second-order valence-electron chi connectivity index (χ2n) is 1.83. The van der Waals surface area contributed by atoms with E-state index < -0.39 is 11.9 Å². The number of thiazole rings is 1. The molecule has 1 heterocycles. The van der Waals surface area contributed by atoms with E-state index in [2.05, 4.69) is 4.98 Å². The molecule has 1 aromatic rings. The predicted molar refractivity (Wildman–Crippen MR) is 42.8 cm³/mol. The van der Waals surface area contributed by atoms with Gasteiger partial charge in [-0.15, -0.1) is 11.3 Å². The number of nitrogens with zero attached hydrogens (tertiary/aromatic N) is 1. The summed E-state index contributed by atoms with van der Waals surface area (Å²) in [7, 11) is 0. The summed E-state index contributed by atoms with van der Waals surface area (Å²) in [5.41, 5.74) is 5.24. The number of aromatic nitrogens is 1. The van der Waals surface area contributed by atoms with Crippen LogP contribution in [0.2, 0.25) is 0 Å². The molecule has 0 bridgehead atoms. The van der Waals surface area contributed by atoms with Gasteiger partial charge in [-0.05, 0) is 0 Å². The van der Waals surface area contributed by atoms with Gasteiger partial charge in [0.15, 0.2) is 5.13 Å². The van der Waals surface area contributed by atoms with E-state index in [1.54, 1.807) is 0 Å². The second-order valence-corrected chi connectivity index (χ2v) is 2.72. The highest BCUT2D eigenvalue weighted by molar-refractivity contribution is 7.13. The quantitative estimate of drug-likeness (QED) is 0.525. The summed E-state index contributed by atoms with van der Waals surface area (Å²) in [6, 6.07) is 0. The third kappa shape index (κ3) is 1.92. The van der Waals surface area contributed by atoms with E-state index in [1.165, 1.54) is 5.38 Å². The first-order valence-corrected chi connectivity index (χ1v) is 3.73. The Kier molecular flexibility index (Phi) is 2.24. The smallest absolute Gasteiger partial charge is 0.394 e. The molecule has 0 aliphatic heterocycles. The zero-order valence-electron chi connectivity index (χ0n) is 5.77. The molecule has 0 unspecified atom stereocenters. The summed E-state index contributed by atoms with van der Waals surface area (Å²) in [4.78, 5) is 24.2. The Morgan fingerprint density at radius 3 is 2.75 bits per heavy atom. The van der Waals surface area contributed by atoms with Gasteiger partial charge in [0, 0.05) is 5.38 Å². The number of anilines is 2. The number of aliphatic carboxylic acids is 1. The van der Waals surface area contributed by atoms with Crippen molar-refractivity contribution in [3.63, 3.8) is 0 Å². The van der Waals surface area contributed by atoms with E-state index in [0.717, 1.165) is 11.3 Å². The van der Waals surface area contributed by atoms with Gasteiger partial charge in [-0.3, -0.25) is 4.79 Å². The van der Waals surface area contributed by atoms with Crippen LogP contribution in [0.1, 0.15) is 0 Å². The third-order valence-electron chi connectivity index (χ3n) is 0.958. The lowest BCUT2D eigenvalue weighted by molar-refractivity contribution is -0.147. The number of nitrogen functional groups attached to an aromatic ring is 1. The molecule has 1 rings (SSSR count). The number of hydrogen-bond donors (Lipinski definition) is 3. The van der Waals surface area contributed by atoms with Gasteiger partial charge in [0.05, 0.1) is 0 Å². The van der Waals surface area contributed by atoms with Crippen molar-refractivity contribution < 1.29 is 14.7 Å². The SMILES string of the molecule is Nc1nc(NC(=O)C(=O)O)cs1. The zero-order valence-corrected chi connectivity index (χ0v) is 6.59. The fraction of sp³-hybridized carbons (Fsp3) is 0. The first kappa shape index (κ1) is 8.47. The van der Waals surface area contributed by atoms with Gasteiger partial charge in [0.1, 0.15) is 5.82 Å². The molecule has 1 aromatic heterocycles. The van der Waals surface area contributed by atoms with Crippen LogP contribution in [0.4, 0.5) is 10.9 Å². The van der Waals surface area contributed by atoms with Crippen molar-refractivity contribution >= 4 is 34.2 Å². The summed E-state index contributed by atoms with van der Waals surface area (Å²) in [6.07, 6.45) is 0. The lowest BCUT2D eigenvalue weighted by Gasteiger charge is -1.93. The van der Waals surface area contributed by atoms with Crippen LogP contribution in [0.3, 0.4) is 0 Å². The Morgan fingerprint density at radius 1 is 1.67 bits per heavy atom. The molecule has 64 valence electrons. The average Bonchev–Trinajstić information content (AvgIpc) is 2.35. The van der Waals surface area contributed by atoms with E-state index in [4.69, 9.17) is 10.8 Å². The standard InChI is InChI=1S/C5H5N3O3S/c6-5-8-2(1-12-5)7-3(9)4(10)11/h1H,(H2,6,8)(H,7,9)(H,10,11). The molecule has 0 spiro atoms. The monoisotopic (exact) mass is 187 g/mol. The summed E-state index contributed by atoms with van der Waals surface area (Å²) in [6.45, 7) is 0. The van der Waals surface area contributed by atoms with E-state index in [0.29, 0.717) is 0 Å². The van der Waals surface area contributed by atoms with Crippen molar-refractivity contribution in [3.05, 3.63) is 5.38 Å². The molecule has 6 nitrogen and oxygen atoms in total. The molecule has 0 saturated carbocycles. The van der Waals surface area contributed by atoms with Gasteiger partial charge in [-0.25, -0.2) is 9.78 Å². The van der Waals surface area contributed by atoms with Gasteiger partial charge in [0.2, 0.25) is 0 Å². The van der Waals surface area contributed by atoms with Crippen molar-refractivity contribution in [1.29, 1.82) is 0 Å². The van der Waals surface area contributed by atoms with Gasteiger partial charge >= 0.3 is 11.9 Å². The molecular formula is C5H5N3O3S. The maximum absolute atomic E-state index is 10.5. The number of rotatable bonds is 1. The van der Waals surface area contributed by atoms with E-state index >= 15 is 0 Å². The molecule has 0 aromatic carbocycles. The van der Waals surface area contributed by atoms with Crippen molar-refractivity contribution in [1.82, 2.24) is 4.98 Å². The van der Waals surface area contributed by atoms with Crippen LogP contribution in [0.25, 0.3) is 0 Å². The highest BCUT2D eigenvalue weighted by Crippen LogP contribution is 2.14. The number of nitrogens with one attached hydrogen (secondary N) is 1. The maximum Gasteiger partial charge on any atom is 0.394 e. The Hall–Kier alpha value is -1.63. The minimum Gasteiger partial charge on any atom is -0.474 e. The van der Waals surface area contributed by atoms with Crippen molar-refractivity contribution in [3.8, 4) is 0 Å². The third-order valence-corrected chi connectivity index (χ3v) is 1.63. The molecule has 4 N–H and O–H groups in total. The number of nitrogens with two attached hydrogens (primary N) is 1. The summed E-state index contributed by atoms with van der Waals surface area (Å²) in [5, 5.41) is 12.0. The van der Waals surface area contributed by atoms with Crippen LogP contribution in [0.5, 0.6) is 0 Å². The highest BCUT2D eigenvalue weighted by Gasteiger charge is 2.12. The number of hydrogen-bond acceptors (Lipinski definition) is 5. The van der Waals surface area contributed by atoms with E-state index in [9.17, 15) is 9.59 Å². The molecule has 0 atom stereocenters. The molecule has 0 aliphatic rings.